The molecule has 0 spiro atoms. The first-order chi connectivity index (χ1) is 10.7. The maximum Gasteiger partial charge on any atom is 0.280 e. The van der Waals surface area contributed by atoms with E-state index < -0.39 is 0 Å². The third-order valence-corrected chi connectivity index (χ3v) is 5.56. The Morgan fingerprint density at radius 2 is 2.14 bits per heavy atom. The minimum atomic E-state index is -0.0638. The number of nitrogens with two attached hydrogens (primary N) is 1. The molecule has 5 nitrogen and oxygen atoms in total. The van der Waals surface area contributed by atoms with Gasteiger partial charge in [-0.25, -0.2) is 4.98 Å². The lowest BCUT2D eigenvalue weighted by Gasteiger charge is -2.20. The summed E-state index contributed by atoms with van der Waals surface area (Å²) in [5.74, 6) is -0.0638. The van der Waals surface area contributed by atoms with Gasteiger partial charge in [-0.1, -0.05) is 12.1 Å². The van der Waals surface area contributed by atoms with Crippen molar-refractivity contribution in [1.29, 1.82) is 0 Å². The smallest absolute Gasteiger partial charge is 0.280 e. The van der Waals surface area contributed by atoms with Crippen LogP contribution in [-0.4, -0.2) is 29.0 Å². The van der Waals surface area contributed by atoms with Crippen LogP contribution in [0.3, 0.4) is 0 Å². The number of fused-ring (bicyclic) bond motifs is 2. The third kappa shape index (κ3) is 2.48. The highest BCUT2D eigenvalue weighted by atomic mass is 32.1. The summed E-state index contributed by atoms with van der Waals surface area (Å²) < 4.78 is 0. The van der Waals surface area contributed by atoms with Crippen LogP contribution >= 0.6 is 11.3 Å². The number of amides is 1. The number of thiazole rings is 1. The molecule has 2 fully saturated rings. The van der Waals surface area contributed by atoms with E-state index in [-0.39, 0.29) is 11.9 Å². The van der Waals surface area contributed by atoms with E-state index in [1.807, 2.05) is 24.3 Å². The van der Waals surface area contributed by atoms with Crippen molar-refractivity contribution in [2.45, 2.75) is 37.4 Å². The van der Waals surface area contributed by atoms with Gasteiger partial charge in [0.05, 0.1) is 4.88 Å². The number of rotatable bonds is 3. The summed E-state index contributed by atoms with van der Waals surface area (Å²) in [4.78, 5) is 17.6. The van der Waals surface area contributed by atoms with E-state index in [0.717, 1.165) is 29.0 Å². The lowest BCUT2D eigenvalue weighted by atomic mass is 9.95. The zero-order chi connectivity index (χ0) is 15.1. The lowest BCUT2D eigenvalue weighted by Crippen LogP contribution is -2.42. The molecule has 4 rings (SSSR count). The fourth-order valence-electron chi connectivity index (χ4n) is 3.37. The predicted octanol–water partition coefficient (Wildman–Crippen LogP) is 2.01. The van der Waals surface area contributed by atoms with Gasteiger partial charge in [-0.3, -0.25) is 4.79 Å². The molecule has 114 valence electrons. The second-order valence-electron chi connectivity index (χ2n) is 6.01. The quantitative estimate of drug-likeness (QED) is 0.757. The average molecular weight is 314 g/mol. The number of carbonyl (C=O) groups is 1. The van der Waals surface area contributed by atoms with Crippen LogP contribution in [0.1, 0.15) is 29.1 Å². The van der Waals surface area contributed by atoms with Gasteiger partial charge in [0.2, 0.25) is 0 Å². The molecule has 3 heterocycles. The second kappa shape index (κ2) is 5.37. The lowest BCUT2D eigenvalue weighted by molar-refractivity contribution is 0.0930. The number of hydrogen-bond donors (Lipinski definition) is 3. The number of nitrogens with one attached hydrogen (secondary N) is 2. The monoisotopic (exact) mass is 314 g/mol. The highest BCUT2D eigenvalue weighted by Crippen LogP contribution is 2.30. The summed E-state index contributed by atoms with van der Waals surface area (Å²) in [5, 5.41) is 7.18. The molecule has 2 aliphatic heterocycles. The first-order valence-corrected chi connectivity index (χ1v) is 8.39. The van der Waals surface area contributed by atoms with Gasteiger partial charge in [0.15, 0.2) is 5.01 Å². The molecule has 4 N–H and O–H groups in total. The highest BCUT2D eigenvalue weighted by molar-refractivity contribution is 7.16. The van der Waals surface area contributed by atoms with Gasteiger partial charge < -0.3 is 16.4 Å². The van der Waals surface area contributed by atoms with Crippen LogP contribution in [0.25, 0.3) is 10.4 Å². The molecule has 1 aromatic heterocycles. The zero-order valence-electron chi connectivity index (χ0n) is 12.1. The normalized spacial score (nSPS) is 26.3. The molecular formula is C16H18N4OS. The molecule has 0 radical (unpaired) electrons. The van der Waals surface area contributed by atoms with Gasteiger partial charge in [-0.15, -0.1) is 11.3 Å². The molecule has 2 bridgehead atoms. The van der Waals surface area contributed by atoms with Crippen molar-refractivity contribution in [2.75, 3.05) is 5.73 Å². The van der Waals surface area contributed by atoms with E-state index in [2.05, 4.69) is 15.6 Å². The Bertz CT molecular complexity index is 696. The van der Waals surface area contributed by atoms with Crippen LogP contribution < -0.4 is 16.4 Å². The Kier molecular flexibility index (Phi) is 3.35. The second-order valence-corrected chi connectivity index (χ2v) is 7.05. The van der Waals surface area contributed by atoms with E-state index >= 15 is 0 Å². The topological polar surface area (TPSA) is 80.0 Å². The van der Waals surface area contributed by atoms with Crippen molar-refractivity contribution in [3.63, 3.8) is 0 Å². The molecule has 0 aliphatic carbocycles. The average Bonchev–Trinajstić information content (AvgIpc) is 3.24. The van der Waals surface area contributed by atoms with Crippen LogP contribution in [0.2, 0.25) is 0 Å². The van der Waals surface area contributed by atoms with Crippen molar-refractivity contribution in [3.8, 4) is 10.4 Å². The Labute approximate surface area is 132 Å². The molecule has 2 aliphatic rings. The largest absolute Gasteiger partial charge is 0.399 e. The van der Waals surface area contributed by atoms with Crippen LogP contribution in [0.15, 0.2) is 30.5 Å². The standard InChI is InChI=1S/C16H18N4OS/c17-10-3-1-9(2-4-10)14-8-18-16(22-14)15(21)20-13-7-11-5-6-12(13)19-11/h1-4,8,11-13,19H,5-7,17H2,(H,20,21)/t11-,12+,13-/m1/s1. The molecule has 0 saturated carbocycles. The van der Waals surface area contributed by atoms with E-state index in [0.29, 0.717) is 17.1 Å². The third-order valence-electron chi connectivity index (χ3n) is 4.51. The summed E-state index contributed by atoms with van der Waals surface area (Å²) in [6, 6.07) is 8.87. The molecular weight excluding hydrogens is 296 g/mol. The molecule has 22 heavy (non-hydrogen) atoms. The number of benzene rings is 1. The summed E-state index contributed by atoms with van der Waals surface area (Å²) in [5.41, 5.74) is 7.46. The van der Waals surface area contributed by atoms with Crippen molar-refractivity contribution in [1.82, 2.24) is 15.6 Å². The van der Waals surface area contributed by atoms with E-state index in [4.69, 9.17) is 5.73 Å². The minimum Gasteiger partial charge on any atom is -0.399 e. The van der Waals surface area contributed by atoms with Crippen LogP contribution in [0.5, 0.6) is 0 Å². The van der Waals surface area contributed by atoms with Crippen molar-refractivity contribution >= 4 is 22.9 Å². The number of carbonyl (C=O) groups excluding carboxylic acids is 1. The van der Waals surface area contributed by atoms with Gasteiger partial charge in [0, 0.05) is 30.0 Å². The van der Waals surface area contributed by atoms with Crippen molar-refractivity contribution < 1.29 is 4.79 Å². The summed E-state index contributed by atoms with van der Waals surface area (Å²) in [6.45, 7) is 0. The van der Waals surface area contributed by atoms with Crippen molar-refractivity contribution in [3.05, 3.63) is 35.5 Å². The number of hydrogen-bond acceptors (Lipinski definition) is 5. The first-order valence-electron chi connectivity index (χ1n) is 7.58. The van der Waals surface area contributed by atoms with E-state index in [1.54, 1.807) is 6.20 Å². The number of aromatic nitrogens is 1. The zero-order valence-corrected chi connectivity index (χ0v) is 12.9. The minimum absolute atomic E-state index is 0.0638. The Morgan fingerprint density at radius 1 is 1.32 bits per heavy atom. The van der Waals surface area contributed by atoms with Crippen LogP contribution in [0.4, 0.5) is 5.69 Å². The summed E-state index contributed by atoms with van der Waals surface area (Å²) in [7, 11) is 0. The molecule has 0 unspecified atom stereocenters. The van der Waals surface area contributed by atoms with Gasteiger partial charge in [-0.2, -0.15) is 0 Å². The van der Waals surface area contributed by atoms with E-state index in [1.165, 1.54) is 17.8 Å². The molecule has 2 aromatic rings. The summed E-state index contributed by atoms with van der Waals surface area (Å²) >= 11 is 1.42. The fraction of sp³-hybridized carbons (Fsp3) is 0.375. The van der Waals surface area contributed by atoms with Gasteiger partial charge in [-0.05, 0) is 37.0 Å². The number of nitrogen functional groups attached to an aromatic ring is 1. The summed E-state index contributed by atoms with van der Waals surface area (Å²) in [6.07, 6.45) is 5.18. The van der Waals surface area contributed by atoms with Gasteiger partial charge >= 0.3 is 0 Å². The molecule has 1 aromatic carbocycles. The number of anilines is 1. The van der Waals surface area contributed by atoms with Crippen LogP contribution in [0, 0.1) is 0 Å². The number of nitrogens with zero attached hydrogens (tertiary/aromatic N) is 1. The first kappa shape index (κ1) is 13.7. The van der Waals surface area contributed by atoms with E-state index in [9.17, 15) is 4.79 Å². The SMILES string of the molecule is Nc1ccc(-c2cnc(C(=O)N[C@@H]3C[C@H]4CC[C@@H]3N4)s2)cc1. The van der Waals surface area contributed by atoms with Gasteiger partial charge in [0.25, 0.3) is 5.91 Å². The molecule has 1 amide bonds. The maximum atomic E-state index is 12.4. The Hall–Kier alpha value is -1.92. The maximum absolute atomic E-state index is 12.4. The Balaban J connectivity index is 1.46. The molecule has 2 saturated heterocycles. The predicted molar refractivity (Wildman–Crippen MR) is 87.8 cm³/mol. The Morgan fingerprint density at radius 3 is 2.82 bits per heavy atom. The van der Waals surface area contributed by atoms with Crippen molar-refractivity contribution in [2.24, 2.45) is 0 Å². The fourth-order valence-corrected chi connectivity index (χ4v) is 4.20. The van der Waals surface area contributed by atoms with Gasteiger partial charge in [0.1, 0.15) is 0 Å². The molecule has 6 heteroatoms. The molecule has 3 atom stereocenters. The highest BCUT2D eigenvalue weighted by Gasteiger charge is 2.39. The van der Waals surface area contributed by atoms with Crippen LogP contribution in [-0.2, 0) is 0 Å².